The van der Waals surface area contributed by atoms with E-state index < -0.39 is 0 Å². The van der Waals surface area contributed by atoms with Gasteiger partial charge in [0.05, 0.1) is 0 Å². The molecule has 1 rings (SSSR count). The average molecular weight is 254 g/mol. The molecule has 1 aromatic rings. The SMILES string of the molecule is CC(C)(C)C=[C-]c1ccccc1.[CH2-]C.[Zn+2]. The first-order valence-electron chi connectivity index (χ1n) is 4.95. The van der Waals surface area contributed by atoms with E-state index in [4.69, 9.17) is 0 Å². The van der Waals surface area contributed by atoms with Crippen molar-refractivity contribution in [1.29, 1.82) is 0 Å². The number of hydrogen-bond acceptors (Lipinski definition) is 0. The normalized spacial score (nSPS) is 10.2. The number of rotatable bonds is 1. The van der Waals surface area contributed by atoms with Crippen LogP contribution in [0.5, 0.6) is 0 Å². The first kappa shape index (κ1) is 17.0. The minimum atomic E-state index is 0. The zero-order valence-corrected chi connectivity index (χ0v) is 13.3. The quantitative estimate of drug-likeness (QED) is 0.518. The van der Waals surface area contributed by atoms with Crippen LogP contribution < -0.4 is 0 Å². The second-order valence-corrected chi connectivity index (χ2v) is 4.02. The largest absolute Gasteiger partial charge is 2.00 e. The topological polar surface area (TPSA) is 0 Å². The predicted molar refractivity (Wildman–Crippen MR) is 63.8 cm³/mol. The van der Waals surface area contributed by atoms with Crippen LogP contribution in [0.15, 0.2) is 36.4 Å². The van der Waals surface area contributed by atoms with Gasteiger partial charge in [-0.15, -0.1) is 18.2 Å². The Morgan fingerprint density at radius 1 is 1.07 bits per heavy atom. The monoisotopic (exact) mass is 252 g/mol. The number of benzene rings is 1. The van der Waals surface area contributed by atoms with Crippen LogP contribution >= 0.6 is 0 Å². The molecule has 0 N–H and O–H groups in total. The Bertz CT molecular complexity index is 254. The molecule has 0 bridgehead atoms. The molecule has 0 radical (unpaired) electrons. The van der Waals surface area contributed by atoms with Gasteiger partial charge < -0.3 is 6.92 Å². The van der Waals surface area contributed by atoms with Crippen LogP contribution in [0.2, 0.25) is 0 Å². The van der Waals surface area contributed by atoms with Crippen molar-refractivity contribution in [3.63, 3.8) is 0 Å². The Kier molecular flexibility index (Phi) is 10.0. The van der Waals surface area contributed by atoms with Crippen molar-refractivity contribution in [1.82, 2.24) is 0 Å². The summed E-state index contributed by atoms with van der Waals surface area (Å²) in [6.45, 7) is 11.5. The molecule has 0 aliphatic carbocycles. The molecule has 0 aliphatic heterocycles. The Labute approximate surface area is 108 Å². The molecule has 0 heterocycles. The molecule has 0 aliphatic rings. The second kappa shape index (κ2) is 8.86. The van der Waals surface area contributed by atoms with Gasteiger partial charge in [-0.3, -0.25) is 0 Å². The van der Waals surface area contributed by atoms with Gasteiger partial charge in [-0.05, 0) is 5.41 Å². The maximum Gasteiger partial charge on any atom is 2.00 e. The van der Waals surface area contributed by atoms with Crippen LogP contribution in [0.25, 0.3) is 0 Å². The van der Waals surface area contributed by atoms with Crippen molar-refractivity contribution in [2.24, 2.45) is 5.41 Å². The van der Waals surface area contributed by atoms with Gasteiger partial charge in [0, 0.05) is 0 Å². The van der Waals surface area contributed by atoms with Crippen molar-refractivity contribution in [3.8, 4) is 0 Å². The van der Waals surface area contributed by atoms with Crippen LogP contribution in [0, 0.1) is 18.4 Å². The fourth-order valence-electron chi connectivity index (χ4n) is 0.834. The van der Waals surface area contributed by atoms with Crippen LogP contribution in [0.4, 0.5) is 0 Å². The Morgan fingerprint density at radius 3 is 1.93 bits per heavy atom. The molecule has 1 aromatic carbocycles. The van der Waals surface area contributed by atoms with Crippen LogP contribution in [-0.4, -0.2) is 0 Å². The molecule has 1 heteroatoms. The van der Waals surface area contributed by atoms with Gasteiger partial charge in [0.25, 0.3) is 0 Å². The van der Waals surface area contributed by atoms with E-state index in [1.807, 2.05) is 18.2 Å². The van der Waals surface area contributed by atoms with Gasteiger partial charge in [0.1, 0.15) is 0 Å². The smallest absolute Gasteiger partial charge is 0.346 e. The third-order valence-corrected chi connectivity index (χ3v) is 1.45. The van der Waals surface area contributed by atoms with Gasteiger partial charge in [0.2, 0.25) is 0 Å². The summed E-state index contributed by atoms with van der Waals surface area (Å²) in [5.74, 6) is 0. The van der Waals surface area contributed by atoms with E-state index in [1.165, 1.54) is 0 Å². The van der Waals surface area contributed by atoms with Crippen LogP contribution in [0.1, 0.15) is 33.3 Å². The fraction of sp³-hybridized carbons (Fsp3) is 0.357. The molecular formula is C14H20Zn. The van der Waals surface area contributed by atoms with Crippen molar-refractivity contribution >= 4 is 0 Å². The van der Waals surface area contributed by atoms with Gasteiger partial charge in [-0.2, -0.15) is 30.7 Å². The molecule has 0 saturated heterocycles. The summed E-state index contributed by atoms with van der Waals surface area (Å²) in [5, 5.41) is 0. The molecule has 0 amide bonds. The Morgan fingerprint density at radius 2 is 1.53 bits per heavy atom. The van der Waals surface area contributed by atoms with Gasteiger partial charge in [-0.1, -0.05) is 26.8 Å². The summed E-state index contributed by atoms with van der Waals surface area (Å²) in [7, 11) is 0. The van der Waals surface area contributed by atoms with Gasteiger partial charge >= 0.3 is 19.5 Å². The Balaban J connectivity index is 0. The van der Waals surface area contributed by atoms with Crippen LogP contribution in [0.3, 0.4) is 0 Å². The van der Waals surface area contributed by atoms with Gasteiger partial charge in [0.15, 0.2) is 0 Å². The molecule has 0 atom stereocenters. The molecule has 0 saturated carbocycles. The molecule has 0 spiro atoms. The maximum atomic E-state index is 3.26. The molecular weight excluding hydrogens is 234 g/mol. The third kappa shape index (κ3) is 9.88. The minimum Gasteiger partial charge on any atom is -0.346 e. The fourth-order valence-corrected chi connectivity index (χ4v) is 0.834. The van der Waals surface area contributed by atoms with E-state index in [-0.39, 0.29) is 24.9 Å². The van der Waals surface area contributed by atoms with E-state index in [2.05, 4.69) is 52.0 Å². The standard InChI is InChI=1S/C12H15.C2H5.Zn/c1-12(2,3)10-9-11-7-5-4-6-8-11;1-2;/h4-8,10H,1-3H3;1H2,2H3;/q2*-1;+2. The number of hydrogen-bond donors (Lipinski definition) is 0. The van der Waals surface area contributed by atoms with E-state index in [0.29, 0.717) is 0 Å². The summed E-state index contributed by atoms with van der Waals surface area (Å²) in [5.41, 5.74) is 1.36. The molecule has 0 fully saturated rings. The van der Waals surface area contributed by atoms with Gasteiger partial charge in [-0.25, -0.2) is 0 Å². The first-order chi connectivity index (χ1) is 6.58. The van der Waals surface area contributed by atoms with Crippen molar-refractivity contribution in [2.45, 2.75) is 27.7 Å². The summed E-state index contributed by atoms with van der Waals surface area (Å²) in [6, 6.07) is 10.2. The van der Waals surface area contributed by atoms with E-state index in [0.717, 1.165) is 5.56 Å². The summed E-state index contributed by atoms with van der Waals surface area (Å²) < 4.78 is 0. The summed E-state index contributed by atoms with van der Waals surface area (Å²) in [6.07, 6.45) is 5.36. The molecule has 0 aromatic heterocycles. The van der Waals surface area contributed by atoms with E-state index in [1.54, 1.807) is 6.92 Å². The van der Waals surface area contributed by atoms with E-state index in [9.17, 15) is 0 Å². The molecule has 0 unspecified atom stereocenters. The molecule has 0 nitrogen and oxygen atoms in total. The molecule has 78 valence electrons. The molecule has 15 heavy (non-hydrogen) atoms. The summed E-state index contributed by atoms with van der Waals surface area (Å²) >= 11 is 0. The zero-order valence-electron chi connectivity index (χ0n) is 10.4. The first-order valence-corrected chi connectivity index (χ1v) is 4.95. The van der Waals surface area contributed by atoms with Crippen molar-refractivity contribution < 1.29 is 19.5 Å². The predicted octanol–water partition coefficient (Wildman–Crippen LogP) is 4.28. The minimum absolute atomic E-state index is 0. The third-order valence-electron chi connectivity index (χ3n) is 1.45. The zero-order chi connectivity index (χ0) is 11.0. The van der Waals surface area contributed by atoms with Crippen LogP contribution in [-0.2, 0) is 19.5 Å². The summed E-state index contributed by atoms with van der Waals surface area (Å²) in [4.78, 5) is 0. The maximum absolute atomic E-state index is 3.26. The number of allylic oxidation sites excluding steroid dienone is 1. The van der Waals surface area contributed by atoms with E-state index >= 15 is 0 Å². The average Bonchev–Trinajstić information content (AvgIpc) is 2.19. The second-order valence-electron chi connectivity index (χ2n) is 4.02. The van der Waals surface area contributed by atoms with Crippen molar-refractivity contribution in [3.05, 3.63) is 55.0 Å². The van der Waals surface area contributed by atoms with Crippen molar-refractivity contribution in [2.75, 3.05) is 0 Å². The Hall–Kier alpha value is -0.417.